The van der Waals surface area contributed by atoms with Crippen LogP contribution in [-0.2, 0) is 9.59 Å². The molecular formula is C17H20FNO4. The number of Topliss-reactive ketones (excluding diaryl/α,β-unsaturated/α-hetero) is 1. The monoisotopic (exact) mass is 321 g/mol. The van der Waals surface area contributed by atoms with Gasteiger partial charge in [0.1, 0.15) is 5.82 Å². The number of ketones is 1. The highest BCUT2D eigenvalue weighted by Crippen LogP contribution is 2.25. The van der Waals surface area contributed by atoms with Crippen LogP contribution in [0, 0.1) is 23.6 Å². The maximum absolute atomic E-state index is 13.2. The van der Waals surface area contributed by atoms with Crippen molar-refractivity contribution in [1.82, 2.24) is 4.90 Å². The third kappa shape index (κ3) is 3.94. The highest BCUT2D eigenvalue weighted by atomic mass is 19.1. The molecule has 1 aromatic carbocycles. The molecule has 1 fully saturated rings. The summed E-state index contributed by atoms with van der Waals surface area (Å²) in [5.41, 5.74) is 0.239. The summed E-state index contributed by atoms with van der Waals surface area (Å²) in [6, 6.07) is 5.38. The molecule has 1 aromatic rings. The summed E-state index contributed by atoms with van der Waals surface area (Å²) < 4.78 is 13.2. The third-order valence-corrected chi connectivity index (χ3v) is 4.32. The fourth-order valence-corrected chi connectivity index (χ4v) is 2.90. The molecule has 0 spiro atoms. The molecule has 0 bridgehead atoms. The molecule has 1 saturated heterocycles. The van der Waals surface area contributed by atoms with Gasteiger partial charge in [0.25, 0.3) is 0 Å². The van der Waals surface area contributed by atoms with E-state index in [0.717, 1.165) is 6.07 Å². The molecule has 1 N–H and O–H groups in total. The summed E-state index contributed by atoms with van der Waals surface area (Å²) in [5.74, 6) is -3.18. The number of carbonyl (C=O) groups is 3. The molecule has 3 atom stereocenters. The predicted molar refractivity (Wildman–Crippen MR) is 81.4 cm³/mol. The van der Waals surface area contributed by atoms with Crippen molar-refractivity contribution in [1.29, 1.82) is 0 Å². The second-order valence-electron chi connectivity index (χ2n) is 6.20. The van der Waals surface area contributed by atoms with Crippen LogP contribution in [0.1, 0.15) is 30.6 Å². The zero-order chi connectivity index (χ0) is 17.1. The summed E-state index contributed by atoms with van der Waals surface area (Å²) in [4.78, 5) is 37.1. The highest BCUT2D eigenvalue weighted by Gasteiger charge is 2.37. The first-order chi connectivity index (χ1) is 10.8. The van der Waals surface area contributed by atoms with Gasteiger partial charge in [-0.05, 0) is 18.1 Å². The molecule has 1 aliphatic rings. The van der Waals surface area contributed by atoms with Crippen LogP contribution in [0.4, 0.5) is 4.39 Å². The average molecular weight is 321 g/mol. The van der Waals surface area contributed by atoms with Crippen LogP contribution in [0.5, 0.6) is 0 Å². The van der Waals surface area contributed by atoms with E-state index in [1.807, 2.05) is 0 Å². The maximum Gasteiger partial charge on any atom is 0.308 e. The van der Waals surface area contributed by atoms with Gasteiger partial charge in [-0.2, -0.15) is 0 Å². The van der Waals surface area contributed by atoms with Gasteiger partial charge in [0.2, 0.25) is 5.91 Å². The first-order valence-electron chi connectivity index (χ1n) is 7.60. The van der Waals surface area contributed by atoms with E-state index in [2.05, 4.69) is 0 Å². The minimum absolute atomic E-state index is 0.00555. The SMILES string of the molecule is CC(CC(=O)N1C[C@@H](C)[C@H](C(=O)O)C1)C(=O)c1cccc(F)c1. The van der Waals surface area contributed by atoms with Crippen molar-refractivity contribution < 1.29 is 23.9 Å². The molecule has 2 rings (SSSR count). The van der Waals surface area contributed by atoms with Crippen molar-refractivity contribution in [2.24, 2.45) is 17.8 Å². The number of likely N-dealkylation sites (tertiary alicyclic amines) is 1. The van der Waals surface area contributed by atoms with E-state index < -0.39 is 23.6 Å². The Hall–Kier alpha value is -2.24. The fraction of sp³-hybridized carbons (Fsp3) is 0.471. The average Bonchev–Trinajstić information content (AvgIpc) is 2.88. The summed E-state index contributed by atoms with van der Waals surface area (Å²) >= 11 is 0. The lowest BCUT2D eigenvalue weighted by Crippen LogP contribution is -2.32. The van der Waals surface area contributed by atoms with E-state index in [4.69, 9.17) is 5.11 Å². The molecule has 1 heterocycles. The zero-order valence-electron chi connectivity index (χ0n) is 13.2. The number of hydrogen-bond donors (Lipinski definition) is 1. The maximum atomic E-state index is 13.2. The van der Waals surface area contributed by atoms with Crippen LogP contribution in [0.25, 0.3) is 0 Å². The number of amides is 1. The van der Waals surface area contributed by atoms with E-state index in [-0.39, 0.29) is 36.1 Å². The number of nitrogens with zero attached hydrogens (tertiary/aromatic N) is 1. The molecule has 6 heteroatoms. The van der Waals surface area contributed by atoms with E-state index in [0.29, 0.717) is 6.54 Å². The summed E-state index contributed by atoms with van der Waals surface area (Å²) in [6.45, 7) is 3.99. The van der Waals surface area contributed by atoms with Crippen molar-refractivity contribution in [2.75, 3.05) is 13.1 Å². The fourth-order valence-electron chi connectivity index (χ4n) is 2.90. The van der Waals surface area contributed by atoms with Gasteiger partial charge in [-0.15, -0.1) is 0 Å². The van der Waals surface area contributed by atoms with Crippen molar-refractivity contribution in [3.8, 4) is 0 Å². The minimum atomic E-state index is -0.906. The predicted octanol–water partition coefficient (Wildman–Crippen LogP) is 2.21. The largest absolute Gasteiger partial charge is 0.481 e. The van der Waals surface area contributed by atoms with Gasteiger partial charge < -0.3 is 10.0 Å². The Labute approximate surface area is 134 Å². The second-order valence-corrected chi connectivity index (χ2v) is 6.20. The topological polar surface area (TPSA) is 74.7 Å². The number of carboxylic acids is 1. The molecule has 1 unspecified atom stereocenters. The van der Waals surface area contributed by atoms with Gasteiger partial charge in [-0.1, -0.05) is 26.0 Å². The van der Waals surface area contributed by atoms with Gasteiger partial charge in [0.05, 0.1) is 5.92 Å². The summed E-state index contributed by atoms with van der Waals surface area (Å²) in [7, 11) is 0. The lowest BCUT2D eigenvalue weighted by molar-refractivity contribution is -0.142. The number of carbonyl (C=O) groups excluding carboxylic acids is 2. The molecule has 0 aromatic heterocycles. The van der Waals surface area contributed by atoms with E-state index in [1.54, 1.807) is 13.8 Å². The lowest BCUT2D eigenvalue weighted by atomic mass is 9.96. The van der Waals surface area contributed by atoms with Crippen LogP contribution in [0.2, 0.25) is 0 Å². The van der Waals surface area contributed by atoms with E-state index >= 15 is 0 Å². The zero-order valence-corrected chi connectivity index (χ0v) is 13.2. The van der Waals surface area contributed by atoms with Crippen LogP contribution in [-0.4, -0.2) is 40.8 Å². The van der Waals surface area contributed by atoms with Crippen LogP contribution in [0.15, 0.2) is 24.3 Å². The Bertz CT molecular complexity index is 631. The van der Waals surface area contributed by atoms with Crippen LogP contribution in [0.3, 0.4) is 0 Å². The molecule has 5 nitrogen and oxygen atoms in total. The Balaban J connectivity index is 1.97. The van der Waals surface area contributed by atoms with Crippen LogP contribution >= 0.6 is 0 Å². The quantitative estimate of drug-likeness (QED) is 0.844. The number of halogens is 1. The molecule has 0 radical (unpaired) electrons. The van der Waals surface area contributed by atoms with Crippen molar-refractivity contribution >= 4 is 17.7 Å². The smallest absolute Gasteiger partial charge is 0.308 e. The van der Waals surface area contributed by atoms with Gasteiger partial charge in [-0.3, -0.25) is 14.4 Å². The first-order valence-corrected chi connectivity index (χ1v) is 7.60. The highest BCUT2D eigenvalue weighted by molar-refractivity contribution is 5.99. The Kier molecular flexibility index (Phi) is 5.13. The normalized spacial score (nSPS) is 22.0. The number of benzene rings is 1. The molecule has 1 aliphatic heterocycles. The first kappa shape index (κ1) is 17.1. The Morgan fingerprint density at radius 1 is 1.35 bits per heavy atom. The van der Waals surface area contributed by atoms with Crippen molar-refractivity contribution in [2.45, 2.75) is 20.3 Å². The molecule has 0 saturated carbocycles. The molecule has 1 amide bonds. The standard InChI is InChI=1S/C17H20FNO4/c1-10(16(21)12-4-3-5-13(18)7-12)6-15(20)19-8-11(2)14(9-19)17(22)23/h3-5,7,10-11,14H,6,8-9H2,1-2H3,(H,22,23)/t10?,11-,14-/m1/s1. The third-order valence-electron chi connectivity index (χ3n) is 4.32. The van der Waals surface area contributed by atoms with Gasteiger partial charge in [0, 0.05) is 31.0 Å². The van der Waals surface area contributed by atoms with Crippen LogP contribution < -0.4 is 0 Å². The number of carboxylic acid groups (broad SMARTS) is 1. The minimum Gasteiger partial charge on any atom is -0.481 e. The molecule has 0 aliphatic carbocycles. The summed E-state index contributed by atoms with van der Waals surface area (Å²) in [6.07, 6.45) is -0.00555. The number of rotatable bonds is 5. The molecule has 23 heavy (non-hydrogen) atoms. The van der Waals surface area contributed by atoms with E-state index in [1.165, 1.54) is 23.1 Å². The Morgan fingerprint density at radius 3 is 2.61 bits per heavy atom. The Morgan fingerprint density at radius 2 is 2.04 bits per heavy atom. The van der Waals surface area contributed by atoms with Gasteiger partial charge in [-0.25, -0.2) is 4.39 Å². The van der Waals surface area contributed by atoms with Crippen molar-refractivity contribution in [3.63, 3.8) is 0 Å². The van der Waals surface area contributed by atoms with E-state index in [9.17, 15) is 18.8 Å². The number of hydrogen-bond acceptors (Lipinski definition) is 3. The molecule has 124 valence electrons. The van der Waals surface area contributed by atoms with Gasteiger partial charge >= 0.3 is 5.97 Å². The lowest BCUT2D eigenvalue weighted by Gasteiger charge is -2.18. The number of aliphatic carboxylic acids is 1. The second kappa shape index (κ2) is 6.89. The summed E-state index contributed by atoms with van der Waals surface area (Å²) in [5, 5.41) is 9.10. The van der Waals surface area contributed by atoms with Gasteiger partial charge in [0.15, 0.2) is 5.78 Å². The molecular weight excluding hydrogens is 301 g/mol. The van der Waals surface area contributed by atoms with Crippen molar-refractivity contribution in [3.05, 3.63) is 35.6 Å².